The van der Waals surface area contributed by atoms with Gasteiger partial charge in [-0.25, -0.2) is 0 Å². The van der Waals surface area contributed by atoms with E-state index in [0.717, 1.165) is 0 Å². The minimum absolute atomic E-state index is 0.0515. The number of methoxy groups -OCH3 is 1. The predicted octanol–water partition coefficient (Wildman–Crippen LogP) is 2.46. The quantitative estimate of drug-likeness (QED) is 0.764. The number of esters is 1. The number of ether oxygens (including phenoxy) is 3. The van der Waals surface area contributed by atoms with Crippen molar-refractivity contribution in [2.75, 3.05) is 7.11 Å². The van der Waals surface area contributed by atoms with Gasteiger partial charge in [-0.3, -0.25) is 4.79 Å². The highest BCUT2D eigenvalue weighted by atomic mass is 19.3. The molecule has 0 radical (unpaired) electrons. The molecular formula is C12H12F2O4. The molecule has 1 aromatic carbocycles. The Kier molecular flexibility index (Phi) is 2.68. The second-order valence-corrected chi connectivity index (χ2v) is 4.45. The summed E-state index contributed by atoms with van der Waals surface area (Å²) in [5.74, 6) is -0.605. The van der Waals surface area contributed by atoms with Gasteiger partial charge in [-0.2, -0.15) is 0 Å². The molecular weight excluding hydrogens is 246 g/mol. The number of alkyl halides is 2. The number of hydrogen-bond donors (Lipinski definition) is 0. The standard InChI is InChI=1S/C12H12F2O4/c1-11(2,10(15)16-3)7-4-5-8-9(6-7)18-12(13,14)17-8/h4-6H,1-3H3. The second-order valence-electron chi connectivity index (χ2n) is 4.45. The van der Waals surface area contributed by atoms with Crippen LogP contribution in [0.3, 0.4) is 0 Å². The van der Waals surface area contributed by atoms with Crippen LogP contribution in [0.5, 0.6) is 11.5 Å². The van der Waals surface area contributed by atoms with Gasteiger partial charge in [-0.1, -0.05) is 6.07 Å². The molecule has 98 valence electrons. The molecule has 0 saturated heterocycles. The van der Waals surface area contributed by atoms with Crippen LogP contribution in [0.2, 0.25) is 0 Å². The third kappa shape index (κ3) is 1.98. The zero-order valence-corrected chi connectivity index (χ0v) is 10.1. The largest absolute Gasteiger partial charge is 0.586 e. The van der Waals surface area contributed by atoms with Crippen LogP contribution in [0.25, 0.3) is 0 Å². The lowest BCUT2D eigenvalue weighted by molar-refractivity contribution is -0.286. The zero-order chi connectivity index (χ0) is 13.6. The molecule has 4 nitrogen and oxygen atoms in total. The first kappa shape index (κ1) is 12.6. The van der Waals surface area contributed by atoms with Crippen molar-refractivity contribution in [3.05, 3.63) is 23.8 Å². The average molecular weight is 258 g/mol. The van der Waals surface area contributed by atoms with Crippen LogP contribution in [0.4, 0.5) is 8.78 Å². The third-order valence-corrected chi connectivity index (χ3v) is 2.82. The first-order valence-corrected chi connectivity index (χ1v) is 5.25. The molecule has 0 N–H and O–H groups in total. The Hall–Kier alpha value is -1.85. The lowest BCUT2D eigenvalue weighted by atomic mass is 9.84. The molecule has 0 spiro atoms. The van der Waals surface area contributed by atoms with Gasteiger partial charge in [0, 0.05) is 0 Å². The van der Waals surface area contributed by atoms with Crippen molar-refractivity contribution < 1.29 is 27.8 Å². The summed E-state index contributed by atoms with van der Waals surface area (Å²) < 4.78 is 39.0. The molecule has 1 aliphatic heterocycles. The lowest BCUT2D eigenvalue weighted by Crippen LogP contribution is -2.30. The van der Waals surface area contributed by atoms with Crippen molar-refractivity contribution in [3.8, 4) is 11.5 Å². The number of carbonyl (C=O) groups is 1. The summed E-state index contributed by atoms with van der Waals surface area (Å²) >= 11 is 0. The van der Waals surface area contributed by atoms with Gasteiger partial charge in [0.1, 0.15) is 0 Å². The molecule has 0 aromatic heterocycles. The second kappa shape index (κ2) is 3.83. The first-order chi connectivity index (χ1) is 8.26. The van der Waals surface area contributed by atoms with Crippen LogP contribution < -0.4 is 9.47 Å². The van der Waals surface area contributed by atoms with E-state index in [9.17, 15) is 13.6 Å². The molecule has 2 rings (SSSR count). The van der Waals surface area contributed by atoms with E-state index in [0.29, 0.717) is 5.56 Å². The Morgan fingerprint density at radius 3 is 2.50 bits per heavy atom. The Balaban J connectivity index is 2.37. The van der Waals surface area contributed by atoms with Crippen molar-refractivity contribution in [2.24, 2.45) is 0 Å². The molecule has 0 atom stereocenters. The fourth-order valence-corrected chi connectivity index (χ4v) is 1.71. The summed E-state index contributed by atoms with van der Waals surface area (Å²) in [6.45, 7) is 3.27. The molecule has 1 aliphatic rings. The van der Waals surface area contributed by atoms with Crippen molar-refractivity contribution >= 4 is 5.97 Å². The van der Waals surface area contributed by atoms with Gasteiger partial charge in [0.05, 0.1) is 12.5 Å². The molecule has 0 aliphatic carbocycles. The maximum atomic E-state index is 12.9. The summed E-state index contributed by atoms with van der Waals surface area (Å²) in [4.78, 5) is 11.6. The SMILES string of the molecule is COC(=O)C(C)(C)c1ccc2c(c1)OC(F)(F)O2. The summed E-state index contributed by atoms with van der Waals surface area (Å²) in [6, 6.07) is 4.23. The van der Waals surface area contributed by atoms with Crippen LogP contribution in [0.1, 0.15) is 19.4 Å². The first-order valence-electron chi connectivity index (χ1n) is 5.25. The van der Waals surface area contributed by atoms with Crippen LogP contribution in [-0.4, -0.2) is 19.4 Å². The van der Waals surface area contributed by atoms with E-state index >= 15 is 0 Å². The average Bonchev–Trinajstić information content (AvgIpc) is 2.60. The minimum atomic E-state index is -3.66. The monoisotopic (exact) mass is 258 g/mol. The Morgan fingerprint density at radius 1 is 1.28 bits per heavy atom. The fourth-order valence-electron chi connectivity index (χ4n) is 1.71. The van der Waals surface area contributed by atoms with Crippen LogP contribution >= 0.6 is 0 Å². The van der Waals surface area contributed by atoms with Gasteiger partial charge in [-0.05, 0) is 31.5 Å². The molecule has 18 heavy (non-hydrogen) atoms. The van der Waals surface area contributed by atoms with E-state index < -0.39 is 17.7 Å². The Morgan fingerprint density at radius 2 is 1.89 bits per heavy atom. The number of benzene rings is 1. The van der Waals surface area contributed by atoms with Gasteiger partial charge < -0.3 is 14.2 Å². The molecule has 0 unspecified atom stereocenters. The summed E-state index contributed by atoms with van der Waals surface area (Å²) in [6.07, 6.45) is -3.66. The zero-order valence-electron chi connectivity index (χ0n) is 10.1. The number of carbonyl (C=O) groups excluding carboxylic acids is 1. The van der Waals surface area contributed by atoms with Crippen molar-refractivity contribution in [2.45, 2.75) is 25.6 Å². The summed E-state index contributed by atoms with van der Waals surface area (Å²) in [5.41, 5.74) is -0.445. The molecule has 0 bridgehead atoms. The van der Waals surface area contributed by atoms with Crippen molar-refractivity contribution in [1.82, 2.24) is 0 Å². The minimum Gasteiger partial charge on any atom is -0.468 e. The molecule has 1 aromatic rings. The van der Waals surface area contributed by atoms with E-state index in [2.05, 4.69) is 14.2 Å². The van der Waals surface area contributed by atoms with E-state index in [1.54, 1.807) is 13.8 Å². The molecule has 6 heteroatoms. The van der Waals surface area contributed by atoms with Crippen LogP contribution in [-0.2, 0) is 14.9 Å². The third-order valence-electron chi connectivity index (χ3n) is 2.82. The highest BCUT2D eigenvalue weighted by Gasteiger charge is 2.44. The number of hydrogen-bond acceptors (Lipinski definition) is 4. The fraction of sp³-hybridized carbons (Fsp3) is 0.417. The maximum absolute atomic E-state index is 12.9. The van der Waals surface area contributed by atoms with Crippen molar-refractivity contribution in [1.29, 1.82) is 0 Å². The van der Waals surface area contributed by atoms with Gasteiger partial charge in [0.15, 0.2) is 11.5 Å². The molecule has 0 fully saturated rings. The molecule has 0 amide bonds. The van der Waals surface area contributed by atoms with Crippen LogP contribution in [0, 0.1) is 0 Å². The number of halogens is 2. The van der Waals surface area contributed by atoms with Gasteiger partial charge in [0.25, 0.3) is 0 Å². The smallest absolute Gasteiger partial charge is 0.468 e. The van der Waals surface area contributed by atoms with Gasteiger partial charge in [-0.15, -0.1) is 8.78 Å². The maximum Gasteiger partial charge on any atom is 0.586 e. The Bertz CT molecular complexity index is 497. The van der Waals surface area contributed by atoms with E-state index in [-0.39, 0.29) is 11.5 Å². The highest BCUT2D eigenvalue weighted by molar-refractivity contribution is 5.82. The summed E-state index contributed by atoms with van der Waals surface area (Å²) in [7, 11) is 1.27. The van der Waals surface area contributed by atoms with Crippen LogP contribution in [0.15, 0.2) is 18.2 Å². The number of fused-ring (bicyclic) bond motifs is 1. The van der Waals surface area contributed by atoms with E-state index in [4.69, 9.17) is 0 Å². The summed E-state index contributed by atoms with van der Waals surface area (Å²) in [5, 5.41) is 0. The van der Waals surface area contributed by atoms with Gasteiger partial charge in [0.2, 0.25) is 0 Å². The molecule has 0 saturated carbocycles. The highest BCUT2D eigenvalue weighted by Crippen LogP contribution is 2.43. The van der Waals surface area contributed by atoms with E-state index in [1.807, 2.05) is 0 Å². The topological polar surface area (TPSA) is 44.8 Å². The van der Waals surface area contributed by atoms with E-state index in [1.165, 1.54) is 25.3 Å². The lowest BCUT2D eigenvalue weighted by Gasteiger charge is -2.21. The number of rotatable bonds is 2. The normalized spacial score (nSPS) is 16.5. The van der Waals surface area contributed by atoms with Crippen molar-refractivity contribution in [3.63, 3.8) is 0 Å². The molecule has 1 heterocycles. The van der Waals surface area contributed by atoms with Gasteiger partial charge >= 0.3 is 12.3 Å². The predicted molar refractivity (Wildman–Crippen MR) is 57.7 cm³/mol. The Labute approximate surface area is 102 Å².